The first-order chi connectivity index (χ1) is 16.1. The lowest BCUT2D eigenvalue weighted by Gasteiger charge is -2.30. The van der Waals surface area contributed by atoms with Crippen LogP contribution in [0.1, 0.15) is 29.8 Å². The lowest BCUT2D eigenvalue weighted by Crippen LogP contribution is -2.46. The Morgan fingerprint density at radius 3 is 2.32 bits per heavy atom. The Morgan fingerprint density at radius 2 is 1.68 bits per heavy atom. The van der Waals surface area contributed by atoms with Gasteiger partial charge in [0.15, 0.2) is 12.1 Å². The quantitative estimate of drug-likeness (QED) is 0.386. The summed E-state index contributed by atoms with van der Waals surface area (Å²) >= 11 is 0. The molecule has 2 fully saturated rings. The summed E-state index contributed by atoms with van der Waals surface area (Å²) in [5, 5.41) is 0. The normalized spacial score (nSPS) is 26.7. The van der Waals surface area contributed by atoms with Gasteiger partial charge < -0.3 is 23.7 Å². The predicted octanol–water partition coefficient (Wildman–Crippen LogP) is 2.65. The van der Waals surface area contributed by atoms with Crippen LogP contribution < -0.4 is 0 Å². The highest BCUT2D eigenvalue weighted by Gasteiger charge is 2.58. The first kappa shape index (κ1) is 24.8. The molecular weight excluding hydrogens is 464 g/mol. The van der Waals surface area contributed by atoms with Gasteiger partial charge >= 0.3 is 5.97 Å². The van der Waals surface area contributed by atoms with Gasteiger partial charge in [-0.05, 0) is 31.5 Å². The maximum atomic E-state index is 12.5. The average Bonchev–Trinajstić information content (AvgIpc) is 3.27. The first-order valence-electron chi connectivity index (χ1n) is 10.9. The van der Waals surface area contributed by atoms with Crippen molar-refractivity contribution in [1.29, 1.82) is 0 Å². The van der Waals surface area contributed by atoms with Crippen LogP contribution in [-0.4, -0.2) is 63.7 Å². The summed E-state index contributed by atoms with van der Waals surface area (Å²) in [4.78, 5) is 12.5. The van der Waals surface area contributed by atoms with E-state index in [1.807, 2.05) is 30.3 Å². The van der Waals surface area contributed by atoms with Crippen molar-refractivity contribution >= 4 is 16.1 Å². The van der Waals surface area contributed by atoms with Crippen LogP contribution in [-0.2, 0) is 44.6 Å². The molecule has 0 amide bonds. The minimum atomic E-state index is -3.92. The highest BCUT2D eigenvalue weighted by Crippen LogP contribution is 2.40. The van der Waals surface area contributed by atoms with Crippen molar-refractivity contribution in [2.45, 2.75) is 56.9 Å². The first-order valence-corrected chi connectivity index (χ1v) is 12.7. The van der Waals surface area contributed by atoms with Crippen LogP contribution >= 0.6 is 0 Å². The van der Waals surface area contributed by atoms with Crippen molar-refractivity contribution in [2.75, 3.05) is 12.9 Å². The third-order valence-corrected chi connectivity index (χ3v) is 5.96. The molecule has 0 radical (unpaired) electrons. The number of hydrogen-bond donors (Lipinski definition) is 0. The Bertz CT molecular complexity index is 1070. The molecule has 0 N–H and O–H groups in total. The fourth-order valence-electron chi connectivity index (χ4n) is 3.98. The lowest BCUT2D eigenvalue weighted by atomic mass is 10.1. The van der Waals surface area contributed by atoms with Gasteiger partial charge in [-0.25, -0.2) is 4.79 Å². The van der Waals surface area contributed by atoms with E-state index in [-0.39, 0.29) is 13.2 Å². The van der Waals surface area contributed by atoms with Crippen LogP contribution in [0.25, 0.3) is 0 Å². The Balaban J connectivity index is 1.53. The van der Waals surface area contributed by atoms with Crippen LogP contribution in [0.5, 0.6) is 0 Å². The second-order valence-corrected chi connectivity index (χ2v) is 10.2. The van der Waals surface area contributed by atoms with E-state index in [0.29, 0.717) is 5.56 Å². The number of ether oxygens (including phenoxy) is 5. The maximum absolute atomic E-state index is 12.5. The summed E-state index contributed by atoms with van der Waals surface area (Å²) in [6.07, 6.45) is -3.35. The molecule has 5 atom stereocenters. The predicted molar refractivity (Wildman–Crippen MR) is 120 cm³/mol. The summed E-state index contributed by atoms with van der Waals surface area (Å²) in [7, 11) is -3.92. The van der Waals surface area contributed by atoms with Crippen molar-refractivity contribution in [1.82, 2.24) is 0 Å². The van der Waals surface area contributed by atoms with Gasteiger partial charge in [0.25, 0.3) is 10.1 Å². The minimum Gasteiger partial charge on any atom is -0.459 e. The fraction of sp³-hybridized carbons (Fsp3) is 0.458. The van der Waals surface area contributed by atoms with E-state index in [2.05, 4.69) is 0 Å². The molecule has 0 bridgehead atoms. The van der Waals surface area contributed by atoms with E-state index in [4.69, 9.17) is 27.9 Å². The molecule has 2 aromatic rings. The van der Waals surface area contributed by atoms with Crippen molar-refractivity contribution in [3.63, 3.8) is 0 Å². The molecule has 2 aromatic carbocycles. The van der Waals surface area contributed by atoms with Crippen LogP contribution in [0.2, 0.25) is 0 Å². The zero-order chi connectivity index (χ0) is 24.3. The third kappa shape index (κ3) is 6.21. The van der Waals surface area contributed by atoms with Gasteiger partial charge in [0.05, 0.1) is 18.4 Å². The zero-order valence-electron chi connectivity index (χ0n) is 19.2. The fourth-order valence-corrected chi connectivity index (χ4v) is 4.59. The molecule has 0 unspecified atom stereocenters. The number of esters is 1. The Labute approximate surface area is 199 Å². The Morgan fingerprint density at radius 1 is 1.03 bits per heavy atom. The molecular formula is C24H28O9S. The third-order valence-electron chi connectivity index (χ3n) is 5.37. The molecule has 0 saturated carbocycles. The Hall–Kier alpha value is -2.34. The van der Waals surface area contributed by atoms with Gasteiger partial charge in [-0.1, -0.05) is 48.5 Å². The number of hydrogen-bond acceptors (Lipinski definition) is 9. The lowest BCUT2D eigenvalue weighted by molar-refractivity contribution is -0.230. The van der Waals surface area contributed by atoms with Gasteiger partial charge in [-0.3, -0.25) is 4.18 Å². The standard InChI is InChI=1S/C24H28O9S/c1-24(2)31-21-20(28-14-16-10-6-4-7-11-16)19(30-23(21)32-24)18(33-34(3,26)27)15-29-22(25)17-12-8-5-9-13-17/h4-13,18-21,23H,14-15H2,1-3H3/t18-,19-,20+,21-,23-/m1/s1. The van der Waals surface area contributed by atoms with E-state index < -0.39 is 52.6 Å². The summed E-state index contributed by atoms with van der Waals surface area (Å²) in [5.74, 6) is -1.52. The van der Waals surface area contributed by atoms with Gasteiger partial charge in [0.2, 0.25) is 0 Å². The molecule has 0 spiro atoms. The molecule has 2 heterocycles. The van der Waals surface area contributed by atoms with Crippen LogP contribution in [0, 0.1) is 0 Å². The van der Waals surface area contributed by atoms with Crippen molar-refractivity contribution < 1.29 is 41.1 Å². The van der Waals surface area contributed by atoms with Gasteiger partial charge in [0.1, 0.15) is 31.0 Å². The molecule has 0 aliphatic carbocycles. The molecule has 10 heteroatoms. The smallest absolute Gasteiger partial charge is 0.338 e. The number of carbonyl (C=O) groups is 1. The van der Waals surface area contributed by atoms with Gasteiger partial charge in [-0.2, -0.15) is 8.42 Å². The van der Waals surface area contributed by atoms with Crippen LogP contribution in [0.15, 0.2) is 60.7 Å². The Kier molecular flexibility index (Phi) is 7.36. The molecule has 34 heavy (non-hydrogen) atoms. The van der Waals surface area contributed by atoms with Crippen LogP contribution in [0.4, 0.5) is 0 Å². The molecule has 2 aliphatic heterocycles. The van der Waals surface area contributed by atoms with E-state index in [0.717, 1.165) is 11.8 Å². The second-order valence-electron chi connectivity index (χ2n) is 8.63. The zero-order valence-corrected chi connectivity index (χ0v) is 20.0. The highest BCUT2D eigenvalue weighted by atomic mass is 32.2. The SMILES string of the molecule is CC1(C)O[C@H]2O[C@H]([C@@H](COC(=O)c3ccccc3)OS(C)(=O)=O)[C@H](OCc3ccccc3)[C@H]2O1. The average molecular weight is 493 g/mol. The number of carbonyl (C=O) groups excluding carboxylic acids is 1. The number of fused-ring (bicyclic) bond motifs is 1. The van der Waals surface area contributed by atoms with Crippen molar-refractivity contribution in [3.05, 3.63) is 71.8 Å². The van der Waals surface area contributed by atoms with Crippen molar-refractivity contribution in [2.24, 2.45) is 0 Å². The van der Waals surface area contributed by atoms with Gasteiger partial charge in [0, 0.05) is 0 Å². The molecule has 4 rings (SSSR count). The molecule has 2 saturated heterocycles. The molecule has 0 aromatic heterocycles. The number of rotatable bonds is 9. The van der Waals surface area contributed by atoms with E-state index in [1.54, 1.807) is 44.2 Å². The largest absolute Gasteiger partial charge is 0.459 e. The highest BCUT2D eigenvalue weighted by molar-refractivity contribution is 7.86. The summed E-state index contributed by atoms with van der Waals surface area (Å²) in [6.45, 7) is 3.36. The van der Waals surface area contributed by atoms with E-state index >= 15 is 0 Å². The summed E-state index contributed by atoms with van der Waals surface area (Å²) in [5.41, 5.74) is 1.24. The monoisotopic (exact) mass is 492 g/mol. The van der Waals surface area contributed by atoms with Gasteiger partial charge in [-0.15, -0.1) is 0 Å². The minimum absolute atomic E-state index is 0.230. The summed E-state index contributed by atoms with van der Waals surface area (Å²) in [6, 6.07) is 17.9. The van der Waals surface area contributed by atoms with Crippen LogP contribution in [0.3, 0.4) is 0 Å². The second kappa shape index (κ2) is 10.1. The maximum Gasteiger partial charge on any atom is 0.338 e. The van der Waals surface area contributed by atoms with E-state index in [9.17, 15) is 13.2 Å². The molecule has 9 nitrogen and oxygen atoms in total. The topological polar surface area (TPSA) is 107 Å². The summed E-state index contributed by atoms with van der Waals surface area (Å²) < 4.78 is 58.7. The number of benzene rings is 2. The molecule has 2 aliphatic rings. The van der Waals surface area contributed by atoms with E-state index in [1.165, 1.54) is 0 Å². The van der Waals surface area contributed by atoms with Crippen molar-refractivity contribution in [3.8, 4) is 0 Å². The molecule has 184 valence electrons.